The highest BCUT2D eigenvalue weighted by molar-refractivity contribution is 7.56. The van der Waals surface area contributed by atoms with Gasteiger partial charge < -0.3 is 14.2 Å². The van der Waals surface area contributed by atoms with Crippen LogP contribution in [0.15, 0.2) is 12.2 Å². The van der Waals surface area contributed by atoms with Crippen molar-refractivity contribution in [2.75, 3.05) is 13.2 Å². The number of unbranched alkanes of at least 4 members (excludes halogenated alkanes) is 1. The van der Waals surface area contributed by atoms with Crippen molar-refractivity contribution < 1.29 is 23.5 Å². The molecule has 0 saturated heterocycles. The average Bonchev–Trinajstić information content (AvgIpc) is 2.24. The number of allylic oxidation sites excluding steroid dienone is 1. The van der Waals surface area contributed by atoms with Gasteiger partial charge in [0, 0.05) is 0 Å². The van der Waals surface area contributed by atoms with Gasteiger partial charge in [-0.2, -0.15) is 0 Å². The fourth-order valence-electron chi connectivity index (χ4n) is 1.27. The molecule has 0 fully saturated rings. The molecule has 0 rings (SSSR count). The summed E-state index contributed by atoms with van der Waals surface area (Å²) in [6, 6.07) is 0. The molecule has 0 aromatic rings. The van der Waals surface area contributed by atoms with Crippen molar-refractivity contribution in [1.29, 1.82) is 0 Å². The Morgan fingerprint density at radius 3 is 2.18 bits per heavy atom. The highest BCUT2D eigenvalue weighted by Crippen LogP contribution is 2.53. The third-order valence-electron chi connectivity index (χ3n) is 1.99. The van der Waals surface area contributed by atoms with Crippen LogP contribution in [-0.2, 0) is 18.4 Å². The van der Waals surface area contributed by atoms with Gasteiger partial charge in [-0.25, -0.2) is 0 Å². The zero-order chi connectivity index (χ0) is 13.3. The van der Waals surface area contributed by atoms with Gasteiger partial charge in [0.25, 0.3) is 0 Å². The lowest BCUT2D eigenvalue weighted by Gasteiger charge is -2.20. The number of carboxylic acid groups (broad SMARTS) is 1. The minimum atomic E-state index is -3.61. The average molecular weight is 264 g/mol. The van der Waals surface area contributed by atoms with Crippen LogP contribution < -0.4 is 0 Å². The van der Waals surface area contributed by atoms with Crippen LogP contribution in [0.2, 0.25) is 0 Å². The second kappa shape index (κ2) is 8.45. The molecule has 0 aromatic heterocycles. The Bertz CT molecular complexity index is 290. The summed E-state index contributed by atoms with van der Waals surface area (Å²) in [5.74, 6) is -1.19. The quantitative estimate of drug-likeness (QED) is 0.511. The monoisotopic (exact) mass is 264 g/mol. The zero-order valence-electron chi connectivity index (χ0n) is 10.6. The van der Waals surface area contributed by atoms with Crippen LogP contribution in [0.3, 0.4) is 0 Å². The van der Waals surface area contributed by atoms with E-state index in [1.54, 1.807) is 19.9 Å². The summed E-state index contributed by atoms with van der Waals surface area (Å²) in [6.45, 7) is 5.59. The van der Waals surface area contributed by atoms with Gasteiger partial charge >= 0.3 is 13.6 Å². The first-order valence-electron chi connectivity index (χ1n) is 5.80. The maximum atomic E-state index is 12.3. The molecule has 1 unspecified atom stereocenters. The Morgan fingerprint density at radius 1 is 1.29 bits per heavy atom. The smallest absolute Gasteiger partial charge is 0.348 e. The molecule has 0 aromatic carbocycles. The molecule has 0 radical (unpaired) electrons. The van der Waals surface area contributed by atoms with Gasteiger partial charge in [0.2, 0.25) is 0 Å². The minimum Gasteiger partial charge on any atom is -0.480 e. The summed E-state index contributed by atoms with van der Waals surface area (Å²) in [4.78, 5) is 11.1. The fraction of sp³-hybridized carbons (Fsp3) is 0.727. The standard InChI is InChI=1S/C11H21O5P/c1-4-7-8-9-10(11(12)13)17(14,15-5-2)16-6-3/h8-10H,4-7H2,1-3H3,(H,12,13)/b9-8+. The van der Waals surface area contributed by atoms with Gasteiger partial charge in [0.15, 0.2) is 5.66 Å². The van der Waals surface area contributed by atoms with Gasteiger partial charge in [-0.1, -0.05) is 25.5 Å². The zero-order valence-corrected chi connectivity index (χ0v) is 11.5. The van der Waals surface area contributed by atoms with Crippen LogP contribution in [0.4, 0.5) is 0 Å². The predicted molar refractivity (Wildman–Crippen MR) is 66.3 cm³/mol. The maximum absolute atomic E-state index is 12.3. The van der Waals surface area contributed by atoms with Crippen LogP contribution in [0.5, 0.6) is 0 Å². The molecule has 100 valence electrons. The van der Waals surface area contributed by atoms with Crippen molar-refractivity contribution in [3.63, 3.8) is 0 Å². The Kier molecular flexibility index (Phi) is 8.13. The topological polar surface area (TPSA) is 72.8 Å². The number of hydrogen-bond acceptors (Lipinski definition) is 4. The van der Waals surface area contributed by atoms with Gasteiger partial charge in [-0.05, 0) is 20.3 Å². The van der Waals surface area contributed by atoms with Crippen LogP contribution in [-0.4, -0.2) is 29.9 Å². The SMILES string of the molecule is CCC/C=C/C(C(=O)O)P(=O)(OCC)OCC. The normalized spacial score (nSPS) is 14.1. The highest BCUT2D eigenvalue weighted by atomic mass is 31.2. The molecule has 17 heavy (non-hydrogen) atoms. The molecule has 0 saturated carbocycles. The molecule has 0 aliphatic carbocycles. The second-order valence-corrected chi connectivity index (χ2v) is 5.53. The van der Waals surface area contributed by atoms with E-state index >= 15 is 0 Å². The summed E-state index contributed by atoms with van der Waals surface area (Å²) in [5, 5.41) is 9.08. The number of carbonyl (C=O) groups is 1. The third kappa shape index (κ3) is 5.48. The first-order chi connectivity index (χ1) is 8.01. The molecule has 0 aliphatic heterocycles. The molecule has 0 amide bonds. The Balaban J connectivity index is 4.96. The van der Waals surface area contributed by atoms with Gasteiger partial charge in [0.05, 0.1) is 13.2 Å². The molecule has 6 heteroatoms. The minimum absolute atomic E-state index is 0.155. The first kappa shape index (κ1) is 16.4. The van der Waals surface area contributed by atoms with Gasteiger partial charge in [0.1, 0.15) is 0 Å². The molecule has 0 bridgehead atoms. The van der Waals surface area contributed by atoms with Crippen molar-refractivity contribution in [2.45, 2.75) is 39.3 Å². The Morgan fingerprint density at radius 2 is 1.82 bits per heavy atom. The Labute approximate surface area is 102 Å². The van der Waals surface area contributed by atoms with E-state index in [1.807, 2.05) is 6.92 Å². The number of hydrogen-bond donors (Lipinski definition) is 1. The maximum Gasteiger partial charge on any atom is 0.348 e. The number of aliphatic carboxylic acids is 1. The van der Waals surface area contributed by atoms with E-state index in [-0.39, 0.29) is 13.2 Å². The summed E-state index contributed by atoms with van der Waals surface area (Å²) in [7, 11) is -3.61. The van der Waals surface area contributed by atoms with Crippen molar-refractivity contribution in [2.24, 2.45) is 0 Å². The second-order valence-electron chi connectivity index (χ2n) is 3.38. The summed E-state index contributed by atoms with van der Waals surface area (Å²) < 4.78 is 22.3. The van der Waals surface area contributed by atoms with E-state index in [0.29, 0.717) is 0 Å². The number of carboxylic acids is 1. The fourth-order valence-corrected chi connectivity index (χ4v) is 2.99. The molecule has 0 heterocycles. The summed E-state index contributed by atoms with van der Waals surface area (Å²) >= 11 is 0. The van der Waals surface area contributed by atoms with Crippen LogP contribution >= 0.6 is 7.60 Å². The molecular weight excluding hydrogens is 243 g/mol. The Hall–Kier alpha value is -0.640. The summed E-state index contributed by atoms with van der Waals surface area (Å²) in [5.41, 5.74) is -1.23. The van der Waals surface area contributed by atoms with Gasteiger partial charge in [-0.15, -0.1) is 0 Å². The number of rotatable bonds is 9. The lowest BCUT2D eigenvalue weighted by Crippen LogP contribution is -2.21. The van der Waals surface area contributed by atoms with E-state index in [0.717, 1.165) is 12.8 Å². The summed E-state index contributed by atoms with van der Waals surface area (Å²) in [6.07, 6.45) is 4.74. The van der Waals surface area contributed by atoms with Crippen molar-refractivity contribution in [3.05, 3.63) is 12.2 Å². The lowest BCUT2D eigenvalue weighted by atomic mass is 10.3. The van der Waals surface area contributed by atoms with E-state index in [9.17, 15) is 9.36 Å². The van der Waals surface area contributed by atoms with Crippen LogP contribution in [0.25, 0.3) is 0 Å². The van der Waals surface area contributed by atoms with Crippen molar-refractivity contribution in [1.82, 2.24) is 0 Å². The van der Waals surface area contributed by atoms with Crippen molar-refractivity contribution >= 4 is 13.6 Å². The van der Waals surface area contributed by atoms with Crippen molar-refractivity contribution in [3.8, 4) is 0 Å². The van der Waals surface area contributed by atoms with Gasteiger partial charge in [-0.3, -0.25) is 9.36 Å². The van der Waals surface area contributed by atoms with E-state index in [2.05, 4.69) is 0 Å². The largest absolute Gasteiger partial charge is 0.480 e. The molecule has 1 N–H and O–H groups in total. The molecule has 0 spiro atoms. The van der Waals surface area contributed by atoms with E-state index < -0.39 is 19.2 Å². The third-order valence-corrected chi connectivity index (χ3v) is 4.30. The van der Waals surface area contributed by atoms with Crippen LogP contribution in [0, 0.1) is 0 Å². The van der Waals surface area contributed by atoms with E-state index in [1.165, 1.54) is 6.08 Å². The van der Waals surface area contributed by atoms with Crippen LogP contribution in [0.1, 0.15) is 33.6 Å². The molecule has 5 nitrogen and oxygen atoms in total. The molecule has 1 atom stereocenters. The molecular formula is C11H21O5P. The van der Waals surface area contributed by atoms with E-state index in [4.69, 9.17) is 14.2 Å². The lowest BCUT2D eigenvalue weighted by molar-refractivity contribution is -0.136. The first-order valence-corrected chi connectivity index (χ1v) is 7.41. The molecule has 0 aliphatic rings. The highest BCUT2D eigenvalue weighted by Gasteiger charge is 2.39. The predicted octanol–water partition coefficient (Wildman–Crippen LogP) is 3.06.